The third-order valence-corrected chi connectivity index (χ3v) is 4.58. The molecule has 0 fully saturated rings. The van der Waals surface area contributed by atoms with Crippen LogP contribution in [-0.2, 0) is 16.1 Å². The minimum Gasteiger partial charge on any atom is -0.481 e. The van der Waals surface area contributed by atoms with E-state index in [-0.39, 0.29) is 12.5 Å². The van der Waals surface area contributed by atoms with E-state index in [0.717, 1.165) is 17.7 Å². The molecule has 1 atom stereocenters. The molecule has 6 nitrogen and oxygen atoms in total. The third-order valence-electron chi connectivity index (χ3n) is 4.58. The maximum absolute atomic E-state index is 10.6. The van der Waals surface area contributed by atoms with Crippen molar-refractivity contribution in [3.05, 3.63) is 90.5 Å². The Labute approximate surface area is 170 Å². The maximum atomic E-state index is 10.6. The molecule has 0 bridgehead atoms. The number of carboxylic acid groups (broad SMARTS) is 1. The van der Waals surface area contributed by atoms with Crippen LogP contribution in [0.25, 0.3) is 0 Å². The summed E-state index contributed by atoms with van der Waals surface area (Å²) in [6.45, 7) is 0.381. The highest BCUT2D eigenvalue weighted by Gasteiger charge is 2.21. The Morgan fingerprint density at radius 1 is 1.07 bits per heavy atom. The number of benzene rings is 2. The summed E-state index contributed by atoms with van der Waals surface area (Å²) in [5.74, 6) is -0.790. The molecule has 29 heavy (non-hydrogen) atoms. The van der Waals surface area contributed by atoms with Gasteiger partial charge < -0.3 is 14.5 Å². The van der Waals surface area contributed by atoms with Crippen molar-refractivity contribution in [1.29, 1.82) is 0 Å². The van der Waals surface area contributed by atoms with Crippen LogP contribution in [0.3, 0.4) is 0 Å². The van der Waals surface area contributed by atoms with Gasteiger partial charge in [-0.2, -0.15) is 0 Å². The van der Waals surface area contributed by atoms with Crippen LogP contribution in [0.1, 0.15) is 36.4 Å². The molecule has 1 aromatic heterocycles. The summed E-state index contributed by atoms with van der Waals surface area (Å²) < 4.78 is 2.03. The minimum atomic E-state index is -0.790. The van der Waals surface area contributed by atoms with E-state index in [2.05, 4.69) is 22.3 Å². The van der Waals surface area contributed by atoms with Gasteiger partial charge in [0.2, 0.25) is 0 Å². The molecule has 0 spiro atoms. The van der Waals surface area contributed by atoms with E-state index in [1.807, 2.05) is 59.3 Å². The van der Waals surface area contributed by atoms with E-state index >= 15 is 0 Å². The molecule has 0 amide bonds. The number of hydrogen-bond donors (Lipinski definition) is 1. The number of aliphatic carboxylic acids is 1. The molecule has 1 unspecified atom stereocenters. The molecule has 0 aliphatic rings. The summed E-state index contributed by atoms with van der Waals surface area (Å²) in [6.07, 6.45) is 7.58. The predicted octanol–water partition coefficient (Wildman–Crippen LogP) is 4.34. The monoisotopic (exact) mass is 391 g/mol. The van der Waals surface area contributed by atoms with E-state index in [4.69, 9.17) is 9.94 Å². The van der Waals surface area contributed by atoms with Gasteiger partial charge in [-0.3, -0.25) is 4.79 Å². The molecule has 1 N–H and O–H groups in total. The Morgan fingerprint density at radius 2 is 1.79 bits per heavy atom. The number of unbranched alkanes of at least 4 members (excludes halogenated alkanes) is 1. The molecule has 150 valence electrons. The van der Waals surface area contributed by atoms with Crippen molar-refractivity contribution < 1.29 is 14.7 Å². The van der Waals surface area contributed by atoms with Crippen LogP contribution in [0.15, 0.2) is 84.5 Å². The molecule has 0 saturated carbocycles. The summed E-state index contributed by atoms with van der Waals surface area (Å²) in [6, 6.07) is 20.1. The topological polar surface area (TPSA) is 76.7 Å². The predicted molar refractivity (Wildman–Crippen MR) is 112 cm³/mol. The van der Waals surface area contributed by atoms with Crippen molar-refractivity contribution in [2.45, 2.75) is 31.7 Å². The van der Waals surface area contributed by atoms with Gasteiger partial charge in [-0.1, -0.05) is 65.8 Å². The largest absolute Gasteiger partial charge is 0.481 e. The highest BCUT2D eigenvalue weighted by Crippen LogP contribution is 2.21. The molecule has 0 saturated heterocycles. The molecule has 3 aromatic rings. The van der Waals surface area contributed by atoms with Crippen molar-refractivity contribution in [1.82, 2.24) is 9.55 Å². The fourth-order valence-electron chi connectivity index (χ4n) is 3.11. The number of carbonyl (C=O) groups is 1. The number of hydrogen-bond acceptors (Lipinski definition) is 4. The molecule has 6 heteroatoms. The van der Waals surface area contributed by atoms with Crippen molar-refractivity contribution in [3.63, 3.8) is 0 Å². The quantitative estimate of drug-likeness (QED) is 0.300. The lowest BCUT2D eigenvalue weighted by Gasteiger charge is -2.21. The zero-order valence-electron chi connectivity index (χ0n) is 16.2. The van der Waals surface area contributed by atoms with Crippen LogP contribution >= 0.6 is 0 Å². The standard InChI is InChI=1S/C23H25N3O3/c27-22(28)13-7-8-16-29-25-23(20-11-5-2-6-12-20)21(26-15-14-24-18-26)17-19-9-3-1-4-10-19/h1-6,9-12,14-15,18,21H,7-8,13,16-17H2,(H,27,28). The van der Waals surface area contributed by atoms with Crippen molar-refractivity contribution >= 4 is 11.7 Å². The first-order valence-electron chi connectivity index (χ1n) is 9.72. The van der Waals surface area contributed by atoms with Crippen molar-refractivity contribution in [2.75, 3.05) is 6.61 Å². The van der Waals surface area contributed by atoms with Crippen LogP contribution in [0, 0.1) is 0 Å². The average molecular weight is 391 g/mol. The van der Waals surface area contributed by atoms with Crippen molar-refractivity contribution in [2.24, 2.45) is 5.16 Å². The second-order valence-electron chi connectivity index (χ2n) is 6.74. The van der Waals surface area contributed by atoms with Gasteiger partial charge in [-0.25, -0.2) is 4.98 Å². The van der Waals surface area contributed by atoms with Crippen LogP contribution < -0.4 is 0 Å². The zero-order valence-corrected chi connectivity index (χ0v) is 16.2. The lowest BCUT2D eigenvalue weighted by atomic mass is 9.96. The lowest BCUT2D eigenvalue weighted by molar-refractivity contribution is -0.137. The van der Waals surface area contributed by atoms with E-state index in [1.54, 1.807) is 12.5 Å². The maximum Gasteiger partial charge on any atom is 0.303 e. The Balaban J connectivity index is 1.83. The second-order valence-corrected chi connectivity index (χ2v) is 6.74. The summed E-state index contributed by atoms with van der Waals surface area (Å²) in [5, 5.41) is 13.2. The molecule has 2 aromatic carbocycles. The summed E-state index contributed by atoms with van der Waals surface area (Å²) in [4.78, 5) is 20.5. The van der Waals surface area contributed by atoms with Gasteiger partial charge in [0.1, 0.15) is 12.3 Å². The van der Waals surface area contributed by atoms with E-state index < -0.39 is 5.97 Å². The van der Waals surface area contributed by atoms with Crippen LogP contribution in [-0.4, -0.2) is 32.9 Å². The summed E-state index contributed by atoms with van der Waals surface area (Å²) in [7, 11) is 0. The first-order valence-corrected chi connectivity index (χ1v) is 9.72. The van der Waals surface area contributed by atoms with Crippen LogP contribution in [0.2, 0.25) is 0 Å². The van der Waals surface area contributed by atoms with Gasteiger partial charge >= 0.3 is 5.97 Å². The highest BCUT2D eigenvalue weighted by atomic mass is 16.6. The molecule has 1 heterocycles. The van der Waals surface area contributed by atoms with Crippen LogP contribution in [0.5, 0.6) is 0 Å². The Kier molecular flexibility index (Phi) is 7.57. The number of carboxylic acids is 1. The number of rotatable bonds is 11. The van der Waals surface area contributed by atoms with Gasteiger partial charge in [0.25, 0.3) is 0 Å². The minimum absolute atomic E-state index is 0.0821. The fraction of sp³-hybridized carbons (Fsp3) is 0.261. The zero-order chi connectivity index (χ0) is 20.3. The Hall–Kier alpha value is -3.41. The van der Waals surface area contributed by atoms with Gasteiger partial charge in [0.15, 0.2) is 0 Å². The summed E-state index contributed by atoms with van der Waals surface area (Å²) >= 11 is 0. The van der Waals surface area contributed by atoms with E-state index in [9.17, 15) is 4.79 Å². The molecule has 0 aliphatic carbocycles. The SMILES string of the molecule is O=C(O)CCCCON=C(c1ccccc1)C(Cc1ccccc1)n1ccnc1. The van der Waals surface area contributed by atoms with Crippen molar-refractivity contribution in [3.8, 4) is 0 Å². The van der Waals surface area contributed by atoms with E-state index in [1.165, 1.54) is 5.56 Å². The Morgan fingerprint density at radius 3 is 2.45 bits per heavy atom. The van der Waals surface area contributed by atoms with Gasteiger partial charge in [0.05, 0.1) is 12.4 Å². The molecular formula is C23H25N3O3. The average Bonchev–Trinajstić information content (AvgIpc) is 3.28. The van der Waals surface area contributed by atoms with Gasteiger partial charge in [-0.05, 0) is 24.8 Å². The molecule has 0 radical (unpaired) electrons. The highest BCUT2D eigenvalue weighted by molar-refractivity contribution is 6.03. The fourth-order valence-corrected chi connectivity index (χ4v) is 3.11. The Bertz CT molecular complexity index is 894. The first-order chi connectivity index (χ1) is 14.2. The second kappa shape index (κ2) is 10.8. The first kappa shape index (κ1) is 20.3. The smallest absolute Gasteiger partial charge is 0.303 e. The molecule has 3 rings (SSSR count). The van der Waals surface area contributed by atoms with E-state index in [0.29, 0.717) is 19.4 Å². The molecular weight excluding hydrogens is 366 g/mol. The molecule has 0 aliphatic heterocycles. The van der Waals surface area contributed by atoms with Crippen LogP contribution in [0.4, 0.5) is 0 Å². The number of nitrogens with zero attached hydrogens (tertiary/aromatic N) is 3. The number of aromatic nitrogens is 2. The number of oxime groups is 1. The van der Waals surface area contributed by atoms with Gasteiger partial charge in [0, 0.05) is 24.4 Å². The normalized spacial score (nSPS) is 12.5. The number of imidazole rings is 1. The van der Waals surface area contributed by atoms with Gasteiger partial charge in [-0.15, -0.1) is 0 Å². The third kappa shape index (κ3) is 6.31. The lowest BCUT2D eigenvalue weighted by Crippen LogP contribution is -2.22. The summed E-state index contributed by atoms with van der Waals surface area (Å²) in [5.41, 5.74) is 2.98.